The molecule has 0 fully saturated rings. The van der Waals surface area contributed by atoms with Gasteiger partial charge in [0.15, 0.2) is 0 Å². The lowest BCUT2D eigenvalue weighted by Crippen LogP contribution is -2.17. The number of nitrogens with zero attached hydrogens (tertiary/aromatic N) is 1. The Kier molecular flexibility index (Phi) is 3.06. The Morgan fingerprint density at radius 2 is 2.08 bits per heavy atom. The molecule has 0 aliphatic rings. The standard InChI is InChI=1S/C10H20N2S/c1-6-10(2,3)8-9(13(4)5)12-7-11-8/h7,13H,6H2,1-5H3,(H,11,12). The minimum Gasteiger partial charge on any atom is -0.347 e. The van der Waals surface area contributed by atoms with Crippen molar-refractivity contribution < 1.29 is 0 Å². The van der Waals surface area contributed by atoms with E-state index in [0.29, 0.717) is 0 Å². The number of hydrogen-bond acceptors (Lipinski definition) is 1. The summed E-state index contributed by atoms with van der Waals surface area (Å²) >= 11 is 0. The molecule has 0 aliphatic heterocycles. The molecular weight excluding hydrogens is 180 g/mol. The van der Waals surface area contributed by atoms with Crippen LogP contribution in [0.1, 0.15) is 32.9 Å². The molecule has 3 heteroatoms. The third-order valence-corrected chi connectivity index (χ3v) is 3.79. The maximum atomic E-state index is 4.40. The Balaban J connectivity index is 3.07. The van der Waals surface area contributed by atoms with Crippen molar-refractivity contribution in [2.45, 2.75) is 37.6 Å². The number of nitrogens with one attached hydrogen (secondary N) is 1. The van der Waals surface area contributed by atoms with E-state index in [2.05, 4.69) is 43.3 Å². The van der Waals surface area contributed by atoms with Crippen molar-refractivity contribution in [2.24, 2.45) is 0 Å². The molecule has 0 aliphatic carbocycles. The van der Waals surface area contributed by atoms with Crippen molar-refractivity contribution in [2.75, 3.05) is 12.5 Å². The zero-order valence-corrected chi connectivity index (χ0v) is 10.1. The monoisotopic (exact) mass is 200 g/mol. The Labute approximate surface area is 83.5 Å². The van der Waals surface area contributed by atoms with Gasteiger partial charge in [0.1, 0.15) is 0 Å². The second-order valence-corrected chi connectivity index (χ2v) is 6.45. The van der Waals surface area contributed by atoms with Gasteiger partial charge in [0, 0.05) is 5.41 Å². The van der Waals surface area contributed by atoms with Gasteiger partial charge in [-0.1, -0.05) is 20.8 Å². The third-order valence-electron chi connectivity index (χ3n) is 2.60. The summed E-state index contributed by atoms with van der Waals surface area (Å²) in [5.41, 5.74) is 1.56. The Morgan fingerprint density at radius 3 is 2.54 bits per heavy atom. The van der Waals surface area contributed by atoms with Crippen LogP contribution in [0.3, 0.4) is 0 Å². The number of rotatable bonds is 3. The summed E-state index contributed by atoms with van der Waals surface area (Å²) in [5, 5.41) is 1.28. The van der Waals surface area contributed by atoms with Gasteiger partial charge in [0.25, 0.3) is 0 Å². The highest BCUT2D eigenvalue weighted by Gasteiger charge is 2.24. The summed E-state index contributed by atoms with van der Waals surface area (Å²) in [6.45, 7) is 6.75. The Morgan fingerprint density at radius 1 is 1.46 bits per heavy atom. The number of aromatic amines is 1. The zero-order chi connectivity index (χ0) is 10.1. The minimum atomic E-state index is -0.0917. The first-order valence-corrected chi connectivity index (χ1v) is 6.94. The fourth-order valence-corrected chi connectivity index (χ4v) is 2.40. The Hall–Kier alpha value is -0.440. The largest absolute Gasteiger partial charge is 0.347 e. The molecule has 76 valence electrons. The van der Waals surface area contributed by atoms with Crippen molar-refractivity contribution in [1.29, 1.82) is 0 Å². The molecule has 0 aromatic carbocycles. The molecule has 2 nitrogen and oxygen atoms in total. The van der Waals surface area contributed by atoms with Gasteiger partial charge in [0.05, 0.1) is 17.0 Å². The molecule has 1 aromatic heterocycles. The third kappa shape index (κ3) is 2.08. The number of imidazole rings is 1. The van der Waals surface area contributed by atoms with Gasteiger partial charge in [-0.15, -0.1) is 0 Å². The highest BCUT2D eigenvalue weighted by molar-refractivity contribution is 8.15. The van der Waals surface area contributed by atoms with Gasteiger partial charge in [-0.2, -0.15) is 0 Å². The molecule has 0 radical (unpaired) electrons. The number of aromatic nitrogens is 2. The van der Waals surface area contributed by atoms with Crippen LogP contribution in [0.2, 0.25) is 0 Å². The van der Waals surface area contributed by atoms with Crippen LogP contribution in [0.5, 0.6) is 0 Å². The molecule has 1 rings (SSSR count). The van der Waals surface area contributed by atoms with Gasteiger partial charge < -0.3 is 4.98 Å². The summed E-state index contributed by atoms with van der Waals surface area (Å²) < 4.78 is 0. The smallest absolute Gasteiger partial charge is 0.0976 e. The first-order valence-electron chi connectivity index (χ1n) is 4.70. The highest BCUT2D eigenvalue weighted by atomic mass is 32.2. The van der Waals surface area contributed by atoms with Gasteiger partial charge in [-0.05, 0) is 18.9 Å². The van der Waals surface area contributed by atoms with Crippen LogP contribution in [-0.4, -0.2) is 22.5 Å². The van der Waals surface area contributed by atoms with Crippen molar-refractivity contribution in [1.82, 2.24) is 9.97 Å². The van der Waals surface area contributed by atoms with Crippen LogP contribution < -0.4 is 0 Å². The van der Waals surface area contributed by atoms with Gasteiger partial charge in [-0.3, -0.25) is 0 Å². The van der Waals surface area contributed by atoms with Crippen molar-refractivity contribution in [3.8, 4) is 0 Å². The zero-order valence-electron chi connectivity index (χ0n) is 9.18. The minimum absolute atomic E-state index is 0.0917. The van der Waals surface area contributed by atoms with Gasteiger partial charge >= 0.3 is 0 Å². The molecule has 1 aromatic rings. The predicted octanol–water partition coefficient (Wildman–Crippen LogP) is 2.72. The molecule has 0 saturated heterocycles. The molecule has 0 amide bonds. The van der Waals surface area contributed by atoms with Crippen LogP contribution >= 0.6 is 10.9 Å². The van der Waals surface area contributed by atoms with Gasteiger partial charge in [-0.25, -0.2) is 15.9 Å². The van der Waals surface area contributed by atoms with E-state index in [4.69, 9.17) is 0 Å². The molecule has 0 atom stereocenters. The SMILES string of the molecule is CCC(C)(C)c1[nH]cnc1[SH](C)C. The number of hydrogen-bond donors (Lipinski definition) is 2. The van der Waals surface area contributed by atoms with E-state index in [1.54, 1.807) is 0 Å². The normalized spacial score (nSPS) is 13.2. The molecule has 13 heavy (non-hydrogen) atoms. The van der Waals surface area contributed by atoms with E-state index in [1.165, 1.54) is 10.7 Å². The highest BCUT2D eigenvalue weighted by Crippen LogP contribution is 2.36. The Bertz CT molecular complexity index is 276. The van der Waals surface area contributed by atoms with E-state index < -0.39 is 0 Å². The lowest BCUT2D eigenvalue weighted by molar-refractivity contribution is 0.482. The summed E-state index contributed by atoms with van der Waals surface area (Å²) in [4.78, 5) is 7.69. The van der Waals surface area contributed by atoms with Crippen molar-refractivity contribution in [3.63, 3.8) is 0 Å². The lowest BCUT2D eigenvalue weighted by atomic mass is 9.87. The van der Waals surface area contributed by atoms with Crippen LogP contribution in [0.4, 0.5) is 0 Å². The fourth-order valence-electron chi connectivity index (χ4n) is 1.30. The van der Waals surface area contributed by atoms with E-state index in [0.717, 1.165) is 6.42 Å². The van der Waals surface area contributed by atoms with E-state index in [1.807, 2.05) is 6.33 Å². The molecular formula is C10H20N2S. The maximum Gasteiger partial charge on any atom is 0.0976 e. The molecule has 0 saturated carbocycles. The topological polar surface area (TPSA) is 28.7 Å². The van der Waals surface area contributed by atoms with Crippen LogP contribution in [0.25, 0.3) is 0 Å². The predicted molar refractivity (Wildman–Crippen MR) is 61.0 cm³/mol. The summed E-state index contributed by atoms with van der Waals surface area (Å²) in [5.74, 6) is 0. The molecule has 0 bridgehead atoms. The summed E-state index contributed by atoms with van der Waals surface area (Å²) in [6.07, 6.45) is 7.47. The first-order chi connectivity index (χ1) is 5.99. The van der Waals surface area contributed by atoms with Crippen LogP contribution in [0.15, 0.2) is 11.4 Å². The number of thiol groups is 1. The summed E-state index contributed by atoms with van der Waals surface area (Å²) in [7, 11) is -0.0917. The average molecular weight is 200 g/mol. The molecule has 0 spiro atoms. The number of H-pyrrole nitrogens is 1. The molecule has 1 N–H and O–H groups in total. The van der Waals surface area contributed by atoms with Gasteiger partial charge in [0.2, 0.25) is 0 Å². The van der Waals surface area contributed by atoms with Crippen molar-refractivity contribution in [3.05, 3.63) is 12.0 Å². The van der Waals surface area contributed by atoms with E-state index in [-0.39, 0.29) is 16.3 Å². The molecule has 0 unspecified atom stereocenters. The lowest BCUT2D eigenvalue weighted by Gasteiger charge is -2.24. The second kappa shape index (κ2) is 3.74. The maximum absolute atomic E-state index is 4.40. The van der Waals surface area contributed by atoms with Crippen molar-refractivity contribution >= 4 is 10.9 Å². The average Bonchev–Trinajstić information content (AvgIpc) is 2.52. The molecule has 1 heterocycles. The first kappa shape index (κ1) is 10.6. The van der Waals surface area contributed by atoms with E-state index >= 15 is 0 Å². The van der Waals surface area contributed by atoms with E-state index in [9.17, 15) is 0 Å². The summed E-state index contributed by atoms with van der Waals surface area (Å²) in [6, 6.07) is 0. The quantitative estimate of drug-likeness (QED) is 0.722. The van der Waals surface area contributed by atoms with Crippen LogP contribution in [-0.2, 0) is 5.41 Å². The van der Waals surface area contributed by atoms with Crippen LogP contribution in [0, 0.1) is 0 Å². The fraction of sp³-hybridized carbons (Fsp3) is 0.700. The second-order valence-electron chi connectivity index (χ2n) is 4.23.